The van der Waals surface area contributed by atoms with Crippen LogP contribution in [0.4, 0.5) is 4.39 Å². The van der Waals surface area contributed by atoms with Crippen LogP contribution in [0.25, 0.3) is 0 Å². The Labute approximate surface area is 136 Å². The number of rotatable bonds is 5. The third kappa shape index (κ3) is 4.49. The topological polar surface area (TPSA) is 20.3 Å². The monoisotopic (exact) mass is 311 g/mol. The summed E-state index contributed by atoms with van der Waals surface area (Å²) in [4.78, 5) is 14.7. The van der Waals surface area contributed by atoms with Gasteiger partial charge in [0.2, 0.25) is 0 Å². The average molecular weight is 311 g/mol. The lowest BCUT2D eigenvalue weighted by molar-refractivity contribution is 0.0924. The van der Waals surface area contributed by atoms with Gasteiger partial charge in [-0.2, -0.15) is 0 Å². The third-order valence-electron chi connectivity index (χ3n) is 4.58. The first-order valence-corrected chi connectivity index (χ1v) is 8.26. The number of carbonyl (C=O) groups excluding carboxylic acids is 1. The summed E-state index contributed by atoms with van der Waals surface area (Å²) < 4.78 is 13.2. The van der Waals surface area contributed by atoms with E-state index in [1.165, 1.54) is 17.7 Å². The highest BCUT2D eigenvalue weighted by Gasteiger charge is 2.22. The van der Waals surface area contributed by atoms with Crippen molar-refractivity contribution in [3.63, 3.8) is 0 Å². The molecule has 1 heterocycles. The summed E-state index contributed by atoms with van der Waals surface area (Å²) in [7, 11) is 0. The lowest BCUT2D eigenvalue weighted by Crippen LogP contribution is -2.33. The number of carbonyl (C=O) groups is 1. The zero-order chi connectivity index (χ0) is 16.1. The molecule has 0 spiro atoms. The first kappa shape index (κ1) is 15.9. The molecular formula is C20H22FNO. The van der Waals surface area contributed by atoms with Crippen LogP contribution in [0.1, 0.15) is 35.2 Å². The Bertz CT molecular complexity index is 648. The first-order valence-electron chi connectivity index (χ1n) is 8.26. The largest absolute Gasteiger partial charge is 0.299 e. The summed E-state index contributed by atoms with van der Waals surface area (Å²) in [6, 6.07) is 16.5. The van der Waals surface area contributed by atoms with Crippen LogP contribution in [-0.2, 0) is 6.54 Å². The maximum Gasteiger partial charge on any atom is 0.163 e. The van der Waals surface area contributed by atoms with E-state index < -0.39 is 0 Å². The molecule has 120 valence electrons. The second-order valence-electron chi connectivity index (χ2n) is 6.34. The van der Waals surface area contributed by atoms with E-state index in [1.54, 1.807) is 12.1 Å². The summed E-state index contributed by atoms with van der Waals surface area (Å²) >= 11 is 0. The van der Waals surface area contributed by atoms with Crippen LogP contribution in [0.3, 0.4) is 0 Å². The molecule has 0 aromatic heterocycles. The molecule has 2 aromatic carbocycles. The van der Waals surface area contributed by atoms with Crippen molar-refractivity contribution < 1.29 is 9.18 Å². The van der Waals surface area contributed by atoms with E-state index in [2.05, 4.69) is 29.2 Å². The van der Waals surface area contributed by atoms with Crippen LogP contribution in [0, 0.1) is 11.7 Å². The summed E-state index contributed by atoms with van der Waals surface area (Å²) in [6.07, 6.45) is 2.60. The Balaban J connectivity index is 1.48. The molecule has 1 aliphatic heterocycles. The molecule has 0 N–H and O–H groups in total. The number of ketones is 1. The van der Waals surface area contributed by atoms with Crippen molar-refractivity contribution >= 4 is 5.78 Å². The number of likely N-dealkylation sites (tertiary alicyclic amines) is 1. The van der Waals surface area contributed by atoms with Gasteiger partial charge < -0.3 is 0 Å². The van der Waals surface area contributed by atoms with Crippen molar-refractivity contribution in [2.24, 2.45) is 5.92 Å². The maximum atomic E-state index is 13.2. The molecule has 0 atom stereocenters. The van der Waals surface area contributed by atoms with Crippen molar-refractivity contribution in [3.05, 3.63) is 71.5 Å². The van der Waals surface area contributed by atoms with Gasteiger partial charge in [-0.25, -0.2) is 4.39 Å². The van der Waals surface area contributed by atoms with Gasteiger partial charge in [0, 0.05) is 18.5 Å². The molecule has 0 saturated carbocycles. The van der Waals surface area contributed by atoms with Crippen molar-refractivity contribution in [3.8, 4) is 0 Å². The minimum Gasteiger partial charge on any atom is -0.299 e. The van der Waals surface area contributed by atoms with Crippen LogP contribution in [0.5, 0.6) is 0 Å². The van der Waals surface area contributed by atoms with E-state index in [1.807, 2.05) is 6.07 Å². The van der Waals surface area contributed by atoms with Gasteiger partial charge in [0.1, 0.15) is 5.82 Å². The van der Waals surface area contributed by atoms with E-state index in [4.69, 9.17) is 0 Å². The van der Waals surface area contributed by atoms with Gasteiger partial charge in [0.15, 0.2) is 5.78 Å². The standard InChI is InChI=1S/C20H22FNO/c21-19-8-4-7-18(14-19)20(23)13-16-9-11-22(12-10-16)15-17-5-2-1-3-6-17/h1-8,14,16H,9-13,15H2. The van der Waals surface area contributed by atoms with E-state index >= 15 is 0 Å². The zero-order valence-electron chi connectivity index (χ0n) is 13.2. The van der Waals surface area contributed by atoms with Gasteiger partial charge in [0.25, 0.3) is 0 Å². The molecule has 1 fully saturated rings. The zero-order valence-corrected chi connectivity index (χ0v) is 13.2. The van der Waals surface area contributed by atoms with Crippen molar-refractivity contribution in [2.75, 3.05) is 13.1 Å². The van der Waals surface area contributed by atoms with Crippen LogP contribution >= 0.6 is 0 Å². The van der Waals surface area contributed by atoms with E-state index in [9.17, 15) is 9.18 Å². The highest BCUT2D eigenvalue weighted by molar-refractivity contribution is 5.96. The molecule has 2 aromatic rings. The molecular weight excluding hydrogens is 289 g/mol. The highest BCUT2D eigenvalue weighted by Crippen LogP contribution is 2.23. The number of halogens is 1. The Morgan fingerprint density at radius 3 is 2.48 bits per heavy atom. The average Bonchev–Trinajstić information content (AvgIpc) is 2.57. The fourth-order valence-corrected chi connectivity index (χ4v) is 3.23. The lowest BCUT2D eigenvalue weighted by atomic mass is 9.89. The molecule has 3 rings (SSSR count). The summed E-state index contributed by atoms with van der Waals surface area (Å²) in [5.41, 5.74) is 1.83. The van der Waals surface area contributed by atoms with Gasteiger partial charge in [-0.15, -0.1) is 0 Å². The van der Waals surface area contributed by atoms with Crippen LogP contribution in [0.2, 0.25) is 0 Å². The Hall–Kier alpha value is -2.00. The maximum absolute atomic E-state index is 13.2. The van der Waals surface area contributed by atoms with Crippen LogP contribution < -0.4 is 0 Å². The first-order chi connectivity index (χ1) is 11.2. The minimum absolute atomic E-state index is 0.0611. The molecule has 2 nitrogen and oxygen atoms in total. The van der Waals surface area contributed by atoms with Gasteiger partial charge in [-0.3, -0.25) is 9.69 Å². The van der Waals surface area contributed by atoms with Gasteiger partial charge in [-0.05, 0) is 49.5 Å². The quantitative estimate of drug-likeness (QED) is 0.767. The lowest BCUT2D eigenvalue weighted by Gasteiger charge is -2.31. The second-order valence-corrected chi connectivity index (χ2v) is 6.34. The molecule has 3 heteroatoms. The van der Waals surface area contributed by atoms with Crippen LogP contribution in [0.15, 0.2) is 54.6 Å². The minimum atomic E-state index is -0.339. The predicted octanol–water partition coefficient (Wildman–Crippen LogP) is 4.31. The number of benzene rings is 2. The van der Waals surface area contributed by atoms with Gasteiger partial charge in [-0.1, -0.05) is 42.5 Å². The van der Waals surface area contributed by atoms with Gasteiger partial charge in [0.05, 0.1) is 0 Å². The van der Waals surface area contributed by atoms with Crippen molar-refractivity contribution in [1.29, 1.82) is 0 Å². The molecule has 23 heavy (non-hydrogen) atoms. The Morgan fingerprint density at radius 2 is 1.78 bits per heavy atom. The molecule has 0 unspecified atom stereocenters. The fourth-order valence-electron chi connectivity index (χ4n) is 3.23. The molecule has 0 bridgehead atoms. The smallest absolute Gasteiger partial charge is 0.163 e. The summed E-state index contributed by atoms with van der Waals surface area (Å²) in [6.45, 7) is 3.03. The highest BCUT2D eigenvalue weighted by atomic mass is 19.1. The molecule has 0 radical (unpaired) electrons. The van der Waals surface area contributed by atoms with E-state index in [0.29, 0.717) is 17.9 Å². The van der Waals surface area contributed by atoms with Crippen molar-refractivity contribution in [2.45, 2.75) is 25.8 Å². The van der Waals surface area contributed by atoms with Crippen LogP contribution in [-0.4, -0.2) is 23.8 Å². The molecule has 0 amide bonds. The predicted molar refractivity (Wildman–Crippen MR) is 89.8 cm³/mol. The van der Waals surface area contributed by atoms with E-state index in [-0.39, 0.29) is 11.6 Å². The Morgan fingerprint density at radius 1 is 1.04 bits per heavy atom. The molecule has 1 aliphatic rings. The summed E-state index contributed by atoms with van der Waals surface area (Å²) in [5.74, 6) is 0.136. The number of piperidine rings is 1. The molecule has 0 aliphatic carbocycles. The SMILES string of the molecule is O=C(CC1CCN(Cc2ccccc2)CC1)c1cccc(F)c1. The van der Waals surface area contributed by atoms with E-state index in [0.717, 1.165) is 32.5 Å². The summed E-state index contributed by atoms with van der Waals surface area (Å²) in [5, 5.41) is 0. The van der Waals surface area contributed by atoms with Crippen molar-refractivity contribution in [1.82, 2.24) is 4.90 Å². The Kier molecular flexibility index (Phi) is 5.19. The molecule has 1 saturated heterocycles. The van der Waals surface area contributed by atoms with Gasteiger partial charge >= 0.3 is 0 Å². The normalized spacial score (nSPS) is 16.4. The fraction of sp³-hybridized carbons (Fsp3) is 0.350. The third-order valence-corrected chi connectivity index (χ3v) is 4.58. The number of hydrogen-bond acceptors (Lipinski definition) is 2. The number of Topliss-reactive ketones (excluding diaryl/α,β-unsaturated/α-hetero) is 1. The number of nitrogens with zero attached hydrogens (tertiary/aromatic N) is 1. The second kappa shape index (κ2) is 7.51. The number of hydrogen-bond donors (Lipinski definition) is 0.